The Balaban J connectivity index is 1.49. The molecule has 1 fully saturated rings. The molecule has 0 aliphatic carbocycles. The summed E-state index contributed by atoms with van der Waals surface area (Å²) in [5.41, 5.74) is 3.47. The number of aromatic nitrogens is 1. The second-order valence-electron chi connectivity index (χ2n) is 9.36. The molecule has 1 unspecified atom stereocenters. The van der Waals surface area contributed by atoms with E-state index in [1.807, 2.05) is 69.4 Å². The van der Waals surface area contributed by atoms with Crippen LogP contribution in [-0.2, 0) is 16.1 Å². The van der Waals surface area contributed by atoms with Gasteiger partial charge < -0.3 is 24.6 Å². The molecule has 1 atom stereocenters. The Kier molecular flexibility index (Phi) is 8.87. The fourth-order valence-corrected chi connectivity index (χ4v) is 4.06. The number of ether oxygens (including phenoxy) is 2. The Labute approximate surface area is 218 Å². The Morgan fingerprint density at radius 3 is 2.46 bits per heavy atom. The van der Waals surface area contributed by atoms with E-state index in [1.54, 1.807) is 23.2 Å². The lowest BCUT2D eigenvalue weighted by atomic mass is 10.1. The van der Waals surface area contributed by atoms with E-state index in [2.05, 4.69) is 15.2 Å². The standard InChI is InChI=1S/C29H34N4O4/c1-21-11-12-24(18-22(21)2)37-28-25(10-7-13-30-28)27(34)31-26(20-36-19-23-8-5-4-6-9-23)29(35)33-16-14-32(3)15-17-33/h4-13,18,26H,14-17,19-20H2,1-3H3,(H,31,34). The van der Waals surface area contributed by atoms with Gasteiger partial charge in [-0.2, -0.15) is 0 Å². The molecular formula is C29H34N4O4. The first-order valence-corrected chi connectivity index (χ1v) is 12.5. The normalized spacial score (nSPS) is 14.7. The van der Waals surface area contributed by atoms with E-state index in [4.69, 9.17) is 9.47 Å². The Hall–Kier alpha value is -3.75. The predicted molar refractivity (Wildman–Crippen MR) is 142 cm³/mol. The van der Waals surface area contributed by atoms with Gasteiger partial charge in [-0.1, -0.05) is 36.4 Å². The summed E-state index contributed by atoms with van der Waals surface area (Å²) in [6, 6.07) is 17.9. The molecule has 1 saturated heterocycles. The number of rotatable bonds is 9. The van der Waals surface area contributed by atoms with Crippen LogP contribution >= 0.6 is 0 Å². The molecule has 0 spiro atoms. The van der Waals surface area contributed by atoms with E-state index >= 15 is 0 Å². The van der Waals surface area contributed by atoms with Crippen molar-refractivity contribution in [3.05, 3.63) is 89.1 Å². The molecule has 0 radical (unpaired) electrons. The molecule has 0 saturated carbocycles. The Morgan fingerprint density at radius 1 is 0.973 bits per heavy atom. The minimum atomic E-state index is -0.839. The third-order valence-corrected chi connectivity index (χ3v) is 6.52. The minimum absolute atomic E-state index is 0.0550. The molecule has 1 N–H and O–H groups in total. The van der Waals surface area contributed by atoms with Crippen molar-refractivity contribution in [1.82, 2.24) is 20.1 Å². The molecule has 1 aromatic heterocycles. The molecule has 37 heavy (non-hydrogen) atoms. The van der Waals surface area contributed by atoms with Crippen LogP contribution in [0.5, 0.6) is 11.6 Å². The van der Waals surface area contributed by atoms with Gasteiger partial charge in [0, 0.05) is 32.4 Å². The lowest BCUT2D eigenvalue weighted by Crippen LogP contribution is -2.55. The van der Waals surface area contributed by atoms with E-state index in [0.29, 0.717) is 25.4 Å². The second-order valence-corrected chi connectivity index (χ2v) is 9.36. The van der Waals surface area contributed by atoms with Gasteiger partial charge in [0.1, 0.15) is 17.4 Å². The highest BCUT2D eigenvalue weighted by Crippen LogP contribution is 2.25. The monoisotopic (exact) mass is 502 g/mol. The number of carbonyl (C=O) groups excluding carboxylic acids is 2. The number of hydrogen-bond acceptors (Lipinski definition) is 6. The van der Waals surface area contributed by atoms with Crippen molar-refractivity contribution in [3.63, 3.8) is 0 Å². The van der Waals surface area contributed by atoms with Gasteiger partial charge in [0.2, 0.25) is 11.8 Å². The molecule has 2 amide bonds. The molecule has 0 bridgehead atoms. The molecule has 8 heteroatoms. The zero-order valence-corrected chi connectivity index (χ0v) is 21.6. The topological polar surface area (TPSA) is 84.0 Å². The van der Waals surface area contributed by atoms with E-state index in [-0.39, 0.29) is 24.0 Å². The summed E-state index contributed by atoms with van der Waals surface area (Å²) in [5.74, 6) is 0.170. The summed E-state index contributed by atoms with van der Waals surface area (Å²) in [7, 11) is 2.03. The maximum Gasteiger partial charge on any atom is 0.257 e. The molecular weight excluding hydrogens is 468 g/mol. The number of nitrogens with zero attached hydrogens (tertiary/aromatic N) is 3. The highest BCUT2D eigenvalue weighted by molar-refractivity contribution is 5.99. The van der Waals surface area contributed by atoms with Gasteiger partial charge >= 0.3 is 0 Å². The number of amides is 2. The van der Waals surface area contributed by atoms with Crippen LogP contribution in [0.3, 0.4) is 0 Å². The number of carbonyl (C=O) groups is 2. The molecule has 3 aromatic rings. The van der Waals surface area contributed by atoms with Crippen molar-refractivity contribution in [2.75, 3.05) is 39.8 Å². The van der Waals surface area contributed by atoms with Gasteiger partial charge in [0.05, 0.1) is 13.2 Å². The van der Waals surface area contributed by atoms with Crippen molar-refractivity contribution in [3.8, 4) is 11.6 Å². The van der Waals surface area contributed by atoms with Gasteiger partial charge in [0.25, 0.3) is 5.91 Å². The number of pyridine rings is 1. The number of benzene rings is 2. The lowest BCUT2D eigenvalue weighted by molar-refractivity contribution is -0.136. The van der Waals surface area contributed by atoms with Crippen LogP contribution < -0.4 is 10.1 Å². The van der Waals surface area contributed by atoms with Gasteiger partial charge in [0.15, 0.2) is 0 Å². The summed E-state index contributed by atoms with van der Waals surface area (Å²) < 4.78 is 11.9. The zero-order chi connectivity index (χ0) is 26.2. The van der Waals surface area contributed by atoms with Gasteiger partial charge in [-0.25, -0.2) is 4.98 Å². The summed E-state index contributed by atoms with van der Waals surface area (Å²) in [4.78, 5) is 35.1. The van der Waals surface area contributed by atoms with Crippen molar-refractivity contribution in [2.24, 2.45) is 0 Å². The average Bonchev–Trinajstić information content (AvgIpc) is 2.91. The first-order chi connectivity index (χ1) is 17.9. The van der Waals surface area contributed by atoms with E-state index in [0.717, 1.165) is 29.8 Å². The molecule has 1 aliphatic rings. The highest BCUT2D eigenvalue weighted by Gasteiger charge is 2.29. The number of nitrogens with one attached hydrogen (secondary N) is 1. The van der Waals surface area contributed by atoms with Crippen LogP contribution in [0.25, 0.3) is 0 Å². The predicted octanol–water partition coefficient (Wildman–Crippen LogP) is 3.58. The van der Waals surface area contributed by atoms with Gasteiger partial charge in [-0.3, -0.25) is 9.59 Å². The first-order valence-electron chi connectivity index (χ1n) is 12.5. The van der Waals surface area contributed by atoms with Crippen molar-refractivity contribution in [1.29, 1.82) is 0 Å². The van der Waals surface area contributed by atoms with E-state index in [9.17, 15) is 9.59 Å². The third-order valence-electron chi connectivity index (χ3n) is 6.52. The third kappa shape index (κ3) is 7.15. The Morgan fingerprint density at radius 2 is 1.73 bits per heavy atom. The van der Waals surface area contributed by atoms with Gasteiger partial charge in [-0.05, 0) is 61.9 Å². The van der Waals surface area contributed by atoms with Crippen LogP contribution in [0.1, 0.15) is 27.0 Å². The molecule has 194 valence electrons. The van der Waals surface area contributed by atoms with Crippen LogP contribution in [0.2, 0.25) is 0 Å². The second kappa shape index (κ2) is 12.5. The fourth-order valence-electron chi connectivity index (χ4n) is 4.06. The van der Waals surface area contributed by atoms with E-state index in [1.165, 1.54) is 0 Å². The summed E-state index contributed by atoms with van der Waals surface area (Å²) >= 11 is 0. The summed E-state index contributed by atoms with van der Waals surface area (Å²) in [6.45, 7) is 7.20. The van der Waals surface area contributed by atoms with Crippen LogP contribution in [0.15, 0.2) is 66.9 Å². The maximum absolute atomic E-state index is 13.4. The van der Waals surface area contributed by atoms with Crippen molar-refractivity contribution < 1.29 is 19.1 Å². The van der Waals surface area contributed by atoms with Gasteiger partial charge in [-0.15, -0.1) is 0 Å². The maximum atomic E-state index is 13.4. The van der Waals surface area contributed by atoms with Crippen LogP contribution in [-0.4, -0.2) is 72.5 Å². The lowest BCUT2D eigenvalue weighted by Gasteiger charge is -2.34. The summed E-state index contributed by atoms with van der Waals surface area (Å²) in [6.07, 6.45) is 1.57. The van der Waals surface area contributed by atoms with E-state index < -0.39 is 11.9 Å². The SMILES string of the molecule is Cc1ccc(Oc2ncccc2C(=O)NC(COCc2ccccc2)C(=O)N2CCN(C)CC2)cc1C. The van der Waals surface area contributed by atoms with Crippen molar-refractivity contribution in [2.45, 2.75) is 26.5 Å². The smallest absolute Gasteiger partial charge is 0.257 e. The first kappa shape index (κ1) is 26.3. The largest absolute Gasteiger partial charge is 0.438 e. The molecule has 2 heterocycles. The highest BCUT2D eigenvalue weighted by atomic mass is 16.5. The average molecular weight is 503 g/mol. The summed E-state index contributed by atoms with van der Waals surface area (Å²) in [5, 5.41) is 2.89. The van der Waals surface area contributed by atoms with Crippen molar-refractivity contribution >= 4 is 11.8 Å². The molecule has 4 rings (SSSR count). The molecule has 2 aromatic carbocycles. The number of piperazine rings is 1. The molecule has 1 aliphatic heterocycles. The number of hydrogen-bond donors (Lipinski definition) is 1. The number of aryl methyl sites for hydroxylation is 2. The minimum Gasteiger partial charge on any atom is -0.438 e. The number of likely N-dealkylation sites (N-methyl/N-ethyl adjacent to an activating group) is 1. The Bertz CT molecular complexity index is 1210. The fraction of sp³-hybridized carbons (Fsp3) is 0.345. The van der Waals surface area contributed by atoms with Crippen LogP contribution in [0, 0.1) is 13.8 Å². The molecule has 8 nitrogen and oxygen atoms in total. The van der Waals surface area contributed by atoms with Crippen LogP contribution in [0.4, 0.5) is 0 Å². The zero-order valence-electron chi connectivity index (χ0n) is 21.6. The quantitative estimate of drug-likeness (QED) is 0.482.